The maximum Gasteiger partial charge on any atom is 0.272 e. The van der Waals surface area contributed by atoms with E-state index in [2.05, 4.69) is 26.6 Å². The Morgan fingerprint density at radius 3 is 2.89 bits per heavy atom. The number of nitrogens with zero attached hydrogens (tertiary/aromatic N) is 1. The average molecular weight is 364 g/mol. The van der Waals surface area contributed by atoms with E-state index in [-0.39, 0.29) is 11.5 Å². The van der Waals surface area contributed by atoms with Crippen LogP contribution < -0.4 is 10.9 Å². The molecule has 0 unspecified atom stereocenters. The van der Waals surface area contributed by atoms with Gasteiger partial charge in [0, 0.05) is 23.4 Å². The van der Waals surface area contributed by atoms with Crippen LogP contribution in [-0.4, -0.2) is 27.6 Å². The number of H-pyrrole nitrogens is 2. The number of fused-ring (bicyclic) bond motifs is 2. The molecule has 3 N–H and O–H groups in total. The summed E-state index contributed by atoms with van der Waals surface area (Å²) in [6.07, 6.45) is 4.58. The molecular weight excluding hydrogens is 340 g/mol. The summed E-state index contributed by atoms with van der Waals surface area (Å²) in [6, 6.07) is 6.00. The molecule has 6 nitrogen and oxygen atoms in total. The van der Waals surface area contributed by atoms with Gasteiger partial charge in [-0.2, -0.15) is 5.10 Å². The van der Waals surface area contributed by atoms with Gasteiger partial charge in [0.05, 0.1) is 5.52 Å². The Morgan fingerprint density at radius 1 is 1.22 bits per heavy atom. The van der Waals surface area contributed by atoms with Gasteiger partial charge in [-0.15, -0.1) is 0 Å². The second-order valence-corrected chi connectivity index (χ2v) is 7.34. The van der Waals surface area contributed by atoms with E-state index in [0.29, 0.717) is 24.2 Å². The number of benzene rings is 1. The van der Waals surface area contributed by atoms with E-state index in [4.69, 9.17) is 0 Å². The van der Waals surface area contributed by atoms with Crippen molar-refractivity contribution in [3.63, 3.8) is 0 Å². The fourth-order valence-electron chi connectivity index (χ4n) is 3.82. The second-order valence-electron chi connectivity index (χ2n) is 7.34. The number of hydrogen-bond donors (Lipinski definition) is 3. The van der Waals surface area contributed by atoms with Crippen LogP contribution in [0.3, 0.4) is 0 Å². The zero-order valence-electron chi connectivity index (χ0n) is 15.7. The van der Waals surface area contributed by atoms with E-state index >= 15 is 0 Å². The summed E-state index contributed by atoms with van der Waals surface area (Å²) >= 11 is 0. The van der Waals surface area contributed by atoms with Crippen molar-refractivity contribution in [3.8, 4) is 0 Å². The number of pyridine rings is 1. The van der Waals surface area contributed by atoms with Crippen LogP contribution >= 0.6 is 0 Å². The van der Waals surface area contributed by atoms with Crippen molar-refractivity contribution in [1.82, 2.24) is 20.5 Å². The maximum atomic E-state index is 12.5. The molecule has 0 fully saturated rings. The van der Waals surface area contributed by atoms with Crippen LogP contribution in [0.2, 0.25) is 0 Å². The highest BCUT2D eigenvalue weighted by Gasteiger charge is 2.21. The Balaban J connectivity index is 1.47. The molecule has 27 heavy (non-hydrogen) atoms. The first-order chi connectivity index (χ1) is 13.0. The third-order valence-electron chi connectivity index (χ3n) is 5.58. The minimum absolute atomic E-state index is 0.0948. The van der Waals surface area contributed by atoms with E-state index in [1.165, 1.54) is 0 Å². The summed E-state index contributed by atoms with van der Waals surface area (Å²) in [7, 11) is 0. The van der Waals surface area contributed by atoms with Gasteiger partial charge >= 0.3 is 0 Å². The van der Waals surface area contributed by atoms with Crippen molar-refractivity contribution in [3.05, 3.63) is 62.2 Å². The number of amides is 1. The summed E-state index contributed by atoms with van der Waals surface area (Å²) < 4.78 is 0. The van der Waals surface area contributed by atoms with Crippen LogP contribution in [0.15, 0.2) is 23.0 Å². The summed E-state index contributed by atoms with van der Waals surface area (Å²) in [5, 5.41) is 11.1. The number of hydrogen-bond acceptors (Lipinski definition) is 3. The van der Waals surface area contributed by atoms with Crippen molar-refractivity contribution >= 4 is 16.8 Å². The molecule has 1 aliphatic carbocycles. The van der Waals surface area contributed by atoms with Gasteiger partial charge in [-0.25, -0.2) is 0 Å². The van der Waals surface area contributed by atoms with E-state index in [9.17, 15) is 9.59 Å². The molecule has 2 heterocycles. The number of aromatic nitrogens is 3. The van der Waals surface area contributed by atoms with Gasteiger partial charge in [-0.3, -0.25) is 14.7 Å². The third kappa shape index (κ3) is 3.27. The normalized spacial score (nSPS) is 13.6. The number of carbonyl (C=O) groups is 1. The molecule has 0 spiro atoms. The van der Waals surface area contributed by atoms with E-state index in [1.54, 1.807) is 0 Å². The maximum absolute atomic E-state index is 12.5. The van der Waals surface area contributed by atoms with E-state index in [1.807, 2.05) is 26.0 Å². The molecule has 0 bridgehead atoms. The molecule has 0 aliphatic heterocycles. The SMILES string of the molecule is Cc1ccc2cc(CCNC(=O)c3n[nH]c4c3CCCC4)c(=O)[nH]c2c1C. The van der Waals surface area contributed by atoms with Gasteiger partial charge in [0.15, 0.2) is 5.69 Å². The van der Waals surface area contributed by atoms with E-state index in [0.717, 1.165) is 59.0 Å². The highest BCUT2D eigenvalue weighted by Crippen LogP contribution is 2.22. The lowest BCUT2D eigenvalue weighted by Crippen LogP contribution is -2.28. The van der Waals surface area contributed by atoms with Gasteiger partial charge < -0.3 is 10.3 Å². The fourth-order valence-corrected chi connectivity index (χ4v) is 3.82. The third-order valence-corrected chi connectivity index (χ3v) is 5.58. The molecule has 1 aromatic carbocycles. The Hall–Kier alpha value is -2.89. The van der Waals surface area contributed by atoms with E-state index < -0.39 is 0 Å². The molecule has 1 aliphatic rings. The molecule has 0 saturated carbocycles. The molecule has 0 radical (unpaired) electrons. The van der Waals surface area contributed by atoms with Crippen LogP contribution in [0.1, 0.15) is 51.3 Å². The number of aromatic amines is 2. The molecular formula is C21H24N4O2. The average Bonchev–Trinajstić information content (AvgIpc) is 3.10. The van der Waals surface area contributed by atoms with Gasteiger partial charge in [-0.05, 0) is 68.5 Å². The molecule has 0 saturated heterocycles. The van der Waals surface area contributed by atoms with Gasteiger partial charge in [0.2, 0.25) is 0 Å². The van der Waals surface area contributed by atoms with Crippen molar-refractivity contribution in [2.24, 2.45) is 0 Å². The monoisotopic (exact) mass is 364 g/mol. The van der Waals surface area contributed by atoms with Crippen molar-refractivity contribution < 1.29 is 4.79 Å². The largest absolute Gasteiger partial charge is 0.350 e. The summed E-state index contributed by atoms with van der Waals surface area (Å²) in [5.74, 6) is -0.168. The molecule has 4 rings (SSSR count). The van der Waals surface area contributed by atoms with Crippen LogP contribution in [0, 0.1) is 13.8 Å². The predicted molar refractivity (Wildman–Crippen MR) is 105 cm³/mol. The number of aryl methyl sites for hydroxylation is 3. The fraction of sp³-hybridized carbons (Fsp3) is 0.381. The second kappa shape index (κ2) is 7.02. The summed E-state index contributed by atoms with van der Waals surface area (Å²) in [5.41, 5.74) is 6.35. The molecule has 1 amide bonds. The van der Waals surface area contributed by atoms with Crippen molar-refractivity contribution in [1.29, 1.82) is 0 Å². The smallest absolute Gasteiger partial charge is 0.272 e. The Labute approximate surface area is 157 Å². The number of rotatable bonds is 4. The zero-order chi connectivity index (χ0) is 19.0. The lowest BCUT2D eigenvalue weighted by atomic mass is 9.96. The molecule has 2 aromatic heterocycles. The minimum atomic E-state index is -0.168. The summed E-state index contributed by atoms with van der Waals surface area (Å²) in [6.45, 7) is 4.45. The first-order valence-corrected chi connectivity index (χ1v) is 9.51. The highest BCUT2D eigenvalue weighted by molar-refractivity contribution is 5.94. The topological polar surface area (TPSA) is 90.6 Å². The lowest BCUT2D eigenvalue weighted by Gasteiger charge is -2.11. The molecule has 6 heteroatoms. The number of carbonyl (C=O) groups excluding carboxylic acids is 1. The van der Waals surface area contributed by atoms with Gasteiger partial charge in [0.25, 0.3) is 11.5 Å². The highest BCUT2D eigenvalue weighted by atomic mass is 16.2. The quantitative estimate of drug-likeness (QED) is 0.665. The van der Waals surface area contributed by atoms with Gasteiger partial charge in [-0.1, -0.05) is 12.1 Å². The standard InChI is InChI=1S/C21H24N4O2/c1-12-7-8-14-11-15(20(26)23-18(14)13(12)2)9-10-22-21(27)19-16-5-3-4-6-17(16)24-25-19/h7-8,11H,3-6,9-10H2,1-2H3,(H,22,27)(H,23,26)(H,24,25). The molecule has 140 valence electrons. The van der Waals surface area contributed by atoms with Crippen molar-refractivity contribution in [2.45, 2.75) is 46.0 Å². The van der Waals surface area contributed by atoms with Crippen LogP contribution in [0.25, 0.3) is 10.9 Å². The zero-order valence-corrected chi connectivity index (χ0v) is 15.7. The first-order valence-electron chi connectivity index (χ1n) is 9.51. The lowest BCUT2D eigenvalue weighted by molar-refractivity contribution is 0.0948. The Kier molecular flexibility index (Phi) is 4.56. The number of nitrogens with one attached hydrogen (secondary N) is 3. The van der Waals surface area contributed by atoms with Crippen LogP contribution in [0.5, 0.6) is 0 Å². The minimum Gasteiger partial charge on any atom is -0.350 e. The van der Waals surface area contributed by atoms with Crippen LogP contribution in [0.4, 0.5) is 0 Å². The predicted octanol–water partition coefficient (Wildman–Crippen LogP) is 2.72. The summed E-state index contributed by atoms with van der Waals surface area (Å²) in [4.78, 5) is 27.9. The van der Waals surface area contributed by atoms with Crippen LogP contribution in [-0.2, 0) is 19.3 Å². The van der Waals surface area contributed by atoms with Gasteiger partial charge in [0.1, 0.15) is 0 Å². The molecule has 0 atom stereocenters. The Morgan fingerprint density at radius 2 is 2.04 bits per heavy atom. The first kappa shape index (κ1) is 17.5. The van der Waals surface area contributed by atoms with Crippen molar-refractivity contribution in [2.75, 3.05) is 6.54 Å². The molecule has 3 aromatic rings. The Bertz CT molecular complexity index is 1080.